The molecule has 19 heavy (non-hydrogen) atoms. The summed E-state index contributed by atoms with van der Waals surface area (Å²) in [6.45, 7) is 5.16. The van der Waals surface area contributed by atoms with Crippen LogP contribution in [0.15, 0.2) is 12.3 Å². The summed E-state index contributed by atoms with van der Waals surface area (Å²) in [7, 11) is 1.37. The second-order valence-electron chi connectivity index (χ2n) is 5.24. The van der Waals surface area contributed by atoms with E-state index >= 15 is 0 Å². The Labute approximate surface area is 113 Å². The number of nitrogens with zero attached hydrogens (tertiary/aromatic N) is 3. The van der Waals surface area contributed by atoms with Gasteiger partial charge in [-0.25, -0.2) is 0 Å². The third-order valence-corrected chi connectivity index (χ3v) is 3.41. The van der Waals surface area contributed by atoms with Gasteiger partial charge in [0.15, 0.2) is 0 Å². The van der Waals surface area contributed by atoms with Crippen molar-refractivity contribution in [2.75, 3.05) is 13.7 Å². The van der Waals surface area contributed by atoms with Crippen LogP contribution in [0.4, 0.5) is 0 Å². The van der Waals surface area contributed by atoms with Crippen LogP contribution in [0.5, 0.6) is 0 Å². The van der Waals surface area contributed by atoms with Gasteiger partial charge in [0.1, 0.15) is 6.04 Å². The molecule has 0 amide bonds. The number of aliphatic hydroxyl groups is 1. The standard InChI is InChI=1S/C13H21N3O3/c1-9(2)16-5-4-10(14-16)7-15-8-11(17)6-12(15)13(18)19-3/h4-5,9,11-12,17H,6-8H2,1-3H3. The van der Waals surface area contributed by atoms with Crippen molar-refractivity contribution in [2.24, 2.45) is 0 Å². The number of rotatable bonds is 4. The van der Waals surface area contributed by atoms with E-state index in [0.29, 0.717) is 25.6 Å². The number of ether oxygens (including phenoxy) is 1. The number of aromatic nitrogens is 2. The molecule has 1 saturated heterocycles. The second kappa shape index (κ2) is 5.71. The lowest BCUT2D eigenvalue weighted by Gasteiger charge is -2.20. The molecule has 0 aromatic carbocycles. The van der Waals surface area contributed by atoms with Crippen molar-refractivity contribution in [2.45, 2.75) is 45.0 Å². The third kappa shape index (κ3) is 3.13. The Morgan fingerprint density at radius 3 is 2.95 bits per heavy atom. The van der Waals surface area contributed by atoms with E-state index in [1.54, 1.807) is 0 Å². The van der Waals surface area contributed by atoms with Crippen molar-refractivity contribution in [3.8, 4) is 0 Å². The van der Waals surface area contributed by atoms with E-state index < -0.39 is 6.10 Å². The van der Waals surface area contributed by atoms with Crippen molar-refractivity contribution >= 4 is 5.97 Å². The van der Waals surface area contributed by atoms with Crippen molar-refractivity contribution in [3.05, 3.63) is 18.0 Å². The highest BCUT2D eigenvalue weighted by atomic mass is 16.5. The number of likely N-dealkylation sites (tertiary alicyclic amines) is 1. The summed E-state index contributed by atoms with van der Waals surface area (Å²) in [5.74, 6) is -0.292. The van der Waals surface area contributed by atoms with E-state index in [2.05, 4.69) is 18.9 Å². The van der Waals surface area contributed by atoms with Crippen LogP contribution in [0.25, 0.3) is 0 Å². The Balaban J connectivity index is 2.05. The smallest absolute Gasteiger partial charge is 0.323 e. The SMILES string of the molecule is COC(=O)C1CC(O)CN1Cc1ccn(C(C)C)n1. The first-order valence-corrected chi connectivity index (χ1v) is 6.55. The van der Waals surface area contributed by atoms with Gasteiger partial charge in [-0.3, -0.25) is 14.4 Å². The van der Waals surface area contributed by atoms with Crippen molar-refractivity contribution in [3.63, 3.8) is 0 Å². The van der Waals surface area contributed by atoms with Gasteiger partial charge in [-0.15, -0.1) is 0 Å². The fraction of sp³-hybridized carbons (Fsp3) is 0.692. The van der Waals surface area contributed by atoms with Crippen LogP contribution in [-0.2, 0) is 16.1 Å². The minimum absolute atomic E-state index is 0.292. The van der Waals surface area contributed by atoms with E-state index in [0.717, 1.165) is 5.69 Å². The summed E-state index contributed by atoms with van der Waals surface area (Å²) in [5, 5.41) is 14.2. The van der Waals surface area contributed by atoms with E-state index in [9.17, 15) is 9.90 Å². The maximum absolute atomic E-state index is 11.7. The molecule has 1 aliphatic heterocycles. The zero-order valence-corrected chi connectivity index (χ0v) is 11.6. The summed E-state index contributed by atoms with van der Waals surface area (Å²) in [6.07, 6.45) is 1.88. The molecule has 6 nitrogen and oxygen atoms in total. The number of aliphatic hydroxyl groups excluding tert-OH is 1. The van der Waals surface area contributed by atoms with Crippen LogP contribution in [0, 0.1) is 0 Å². The van der Waals surface area contributed by atoms with Crippen molar-refractivity contribution in [1.29, 1.82) is 0 Å². The molecule has 2 atom stereocenters. The first-order chi connectivity index (χ1) is 9.01. The topological polar surface area (TPSA) is 67.6 Å². The average Bonchev–Trinajstić information content (AvgIpc) is 2.96. The van der Waals surface area contributed by atoms with Crippen LogP contribution in [0.2, 0.25) is 0 Å². The fourth-order valence-corrected chi connectivity index (χ4v) is 2.39. The molecule has 0 aliphatic carbocycles. The Bertz CT molecular complexity index is 444. The van der Waals surface area contributed by atoms with E-state index in [-0.39, 0.29) is 12.0 Å². The molecule has 6 heteroatoms. The lowest BCUT2D eigenvalue weighted by molar-refractivity contribution is -0.146. The number of hydrogen-bond donors (Lipinski definition) is 1. The molecule has 1 aromatic heterocycles. The van der Waals surface area contributed by atoms with Gasteiger partial charge < -0.3 is 9.84 Å². The van der Waals surface area contributed by atoms with Gasteiger partial charge in [0.25, 0.3) is 0 Å². The molecule has 2 rings (SSSR count). The Morgan fingerprint density at radius 1 is 1.63 bits per heavy atom. The van der Waals surface area contributed by atoms with Crippen LogP contribution in [0.1, 0.15) is 32.0 Å². The molecule has 1 N–H and O–H groups in total. The zero-order chi connectivity index (χ0) is 14.0. The molecule has 0 spiro atoms. The van der Waals surface area contributed by atoms with Crippen LogP contribution in [0.3, 0.4) is 0 Å². The maximum Gasteiger partial charge on any atom is 0.323 e. The molecule has 0 saturated carbocycles. The molecule has 1 fully saturated rings. The highest BCUT2D eigenvalue weighted by Gasteiger charge is 2.36. The van der Waals surface area contributed by atoms with Crippen LogP contribution >= 0.6 is 0 Å². The normalized spacial score (nSPS) is 24.1. The van der Waals surface area contributed by atoms with Gasteiger partial charge in [0.05, 0.1) is 18.9 Å². The van der Waals surface area contributed by atoms with Crippen LogP contribution < -0.4 is 0 Å². The van der Waals surface area contributed by atoms with Crippen molar-refractivity contribution < 1.29 is 14.6 Å². The maximum atomic E-state index is 11.7. The highest BCUT2D eigenvalue weighted by Crippen LogP contribution is 2.21. The van der Waals surface area contributed by atoms with Gasteiger partial charge in [0.2, 0.25) is 0 Å². The fourth-order valence-electron chi connectivity index (χ4n) is 2.39. The Kier molecular flexibility index (Phi) is 4.21. The molecule has 2 unspecified atom stereocenters. The van der Waals surface area contributed by atoms with Crippen molar-refractivity contribution in [1.82, 2.24) is 14.7 Å². The van der Waals surface area contributed by atoms with Gasteiger partial charge >= 0.3 is 5.97 Å². The molecule has 2 heterocycles. The van der Waals surface area contributed by atoms with Gasteiger partial charge in [-0.2, -0.15) is 5.10 Å². The second-order valence-corrected chi connectivity index (χ2v) is 5.24. The molecule has 1 aromatic rings. The summed E-state index contributed by atoms with van der Waals surface area (Å²) < 4.78 is 6.66. The number of β-amino-alcohol motifs (C(OH)–C–C–N with tert-alkyl or cyclic N) is 1. The van der Waals surface area contributed by atoms with E-state index in [4.69, 9.17) is 4.74 Å². The minimum atomic E-state index is -0.476. The Hall–Kier alpha value is -1.40. The number of carbonyl (C=O) groups is 1. The predicted molar refractivity (Wildman–Crippen MR) is 69.4 cm³/mol. The monoisotopic (exact) mass is 267 g/mol. The molecular formula is C13H21N3O3. The number of hydrogen-bond acceptors (Lipinski definition) is 5. The first kappa shape index (κ1) is 14.0. The zero-order valence-electron chi connectivity index (χ0n) is 11.6. The molecule has 106 valence electrons. The molecular weight excluding hydrogens is 246 g/mol. The van der Waals surface area contributed by atoms with Gasteiger partial charge in [-0.05, 0) is 19.9 Å². The molecule has 0 bridgehead atoms. The highest BCUT2D eigenvalue weighted by molar-refractivity contribution is 5.76. The summed E-state index contributed by atoms with van der Waals surface area (Å²) in [4.78, 5) is 13.6. The van der Waals surface area contributed by atoms with E-state index in [1.807, 2.05) is 21.8 Å². The van der Waals surface area contributed by atoms with Gasteiger partial charge in [0, 0.05) is 31.7 Å². The third-order valence-electron chi connectivity index (χ3n) is 3.41. The largest absolute Gasteiger partial charge is 0.468 e. The molecule has 0 radical (unpaired) electrons. The van der Waals surface area contributed by atoms with E-state index in [1.165, 1.54) is 7.11 Å². The first-order valence-electron chi connectivity index (χ1n) is 6.55. The Morgan fingerprint density at radius 2 is 2.37 bits per heavy atom. The van der Waals surface area contributed by atoms with Gasteiger partial charge in [-0.1, -0.05) is 0 Å². The quantitative estimate of drug-likeness (QED) is 0.808. The average molecular weight is 267 g/mol. The van der Waals surface area contributed by atoms with Crippen LogP contribution in [-0.4, -0.2) is 51.6 Å². The lowest BCUT2D eigenvalue weighted by Crippen LogP contribution is -2.36. The summed E-state index contributed by atoms with van der Waals surface area (Å²) >= 11 is 0. The summed E-state index contributed by atoms with van der Waals surface area (Å²) in [6, 6.07) is 1.89. The number of carbonyl (C=O) groups excluding carboxylic acids is 1. The lowest BCUT2D eigenvalue weighted by atomic mass is 10.2. The number of methoxy groups -OCH3 is 1. The predicted octanol–water partition coefficient (Wildman–Crippen LogP) is 0.572. The number of esters is 1. The molecule has 1 aliphatic rings. The minimum Gasteiger partial charge on any atom is -0.468 e. The summed E-state index contributed by atoms with van der Waals surface area (Å²) in [5.41, 5.74) is 0.900.